The highest BCUT2D eigenvalue weighted by molar-refractivity contribution is 7.99. The van der Waals surface area contributed by atoms with E-state index >= 15 is 0 Å². The number of benzene rings is 3. The van der Waals surface area contributed by atoms with Crippen LogP contribution in [0, 0.1) is 17.0 Å². The maximum atomic E-state index is 13.9. The second-order valence-corrected chi connectivity index (χ2v) is 17.6. The molecule has 292 valence electrons. The third kappa shape index (κ3) is 10.8. The Morgan fingerprint density at radius 1 is 0.891 bits per heavy atom. The average molecular weight is 767 g/mol. The second-order valence-electron chi connectivity index (χ2n) is 16.4. The smallest absolute Gasteiger partial charge is 0.325 e. The van der Waals surface area contributed by atoms with Crippen LogP contribution in [0.1, 0.15) is 130 Å². The molecule has 5 nitrogen and oxygen atoms in total. The van der Waals surface area contributed by atoms with Gasteiger partial charge in [-0.15, -0.1) is 5.06 Å². The largest absolute Gasteiger partial charge is 0.393 e. The summed E-state index contributed by atoms with van der Waals surface area (Å²) in [5, 5.41) is 13.1. The van der Waals surface area contributed by atoms with Gasteiger partial charge in [0, 0.05) is 34.5 Å². The van der Waals surface area contributed by atoms with Crippen molar-refractivity contribution in [2.24, 2.45) is 5.41 Å². The number of aliphatic hydroxyl groups is 1. The van der Waals surface area contributed by atoms with Crippen molar-refractivity contribution >= 4 is 40.8 Å². The third-order valence-corrected chi connectivity index (χ3v) is 13.6. The number of thioether (sulfide) groups is 1. The van der Waals surface area contributed by atoms with E-state index in [4.69, 9.17) is 4.84 Å². The number of pyridine rings is 1. The number of hydroxylamine groups is 2. The molecule has 3 aliphatic rings. The van der Waals surface area contributed by atoms with Crippen molar-refractivity contribution in [3.05, 3.63) is 112 Å². The van der Waals surface area contributed by atoms with Crippen LogP contribution in [0.2, 0.25) is 0 Å². The molecule has 1 heterocycles. The summed E-state index contributed by atoms with van der Waals surface area (Å²) in [7, 11) is 0. The second kappa shape index (κ2) is 18.6. The zero-order chi connectivity index (χ0) is 38.2. The van der Waals surface area contributed by atoms with E-state index < -0.39 is 17.7 Å². The van der Waals surface area contributed by atoms with E-state index in [1.165, 1.54) is 61.3 Å². The number of nitrogens with zero attached hydrogens (tertiary/aromatic N) is 2. The Morgan fingerprint density at radius 2 is 1.58 bits per heavy atom. The van der Waals surface area contributed by atoms with Crippen LogP contribution in [0.3, 0.4) is 0 Å². The van der Waals surface area contributed by atoms with Crippen LogP contribution in [0.15, 0.2) is 72.8 Å². The first-order valence-electron chi connectivity index (χ1n) is 20.6. The van der Waals surface area contributed by atoms with Gasteiger partial charge in [-0.3, -0.25) is 4.79 Å². The van der Waals surface area contributed by atoms with Gasteiger partial charge in [0.15, 0.2) is 11.6 Å². The zero-order valence-corrected chi connectivity index (χ0v) is 33.1. The number of aromatic nitrogens is 1. The Kier molecular flexibility index (Phi) is 13.4. The molecule has 8 heteroatoms. The van der Waals surface area contributed by atoms with Crippen LogP contribution in [0.4, 0.5) is 8.78 Å². The Hall–Kier alpha value is -3.59. The summed E-state index contributed by atoms with van der Waals surface area (Å²) >= 11 is 1.95. The highest BCUT2D eigenvalue weighted by atomic mass is 32.2. The van der Waals surface area contributed by atoms with Gasteiger partial charge in [-0.25, -0.2) is 13.8 Å². The third-order valence-electron chi connectivity index (χ3n) is 11.9. The number of rotatable bonds is 16. The Morgan fingerprint density at radius 3 is 2.27 bits per heavy atom. The standard InChI is InChI=1S/C47H56F2N2O3S/c1-33(52)27-36-13-9-8-12-35(36)21-24-45(38-14-10-11-34(28-38)19-22-39-23-20-37-29-42(48)43(49)30-44(37)50-39)55-32-47(25-26-47)31-46(53)54-51(40-15-4-2-5-16-40)41-17-6-3-7-18-41/h8-14,19-20,22-23,28-30,33,40-41,45,52H,2-7,15-18,21,24-27,31-32H2,1H3/t33?,45-/m1/s1. The van der Waals surface area contributed by atoms with E-state index in [-0.39, 0.29) is 16.6 Å². The molecule has 0 spiro atoms. The Bertz CT molecular complexity index is 1910. The summed E-state index contributed by atoms with van der Waals surface area (Å²) in [4.78, 5) is 24.7. The summed E-state index contributed by atoms with van der Waals surface area (Å²) in [5.41, 5.74) is 5.75. The number of halogens is 2. The lowest BCUT2D eigenvalue weighted by atomic mass is 9.90. The topological polar surface area (TPSA) is 62.7 Å². The van der Waals surface area contributed by atoms with E-state index in [0.29, 0.717) is 41.5 Å². The van der Waals surface area contributed by atoms with E-state index in [9.17, 15) is 18.7 Å². The number of aryl methyl sites for hydroxylation is 1. The highest BCUT2D eigenvalue weighted by Gasteiger charge is 2.46. The van der Waals surface area contributed by atoms with E-state index in [1.807, 2.05) is 43.0 Å². The van der Waals surface area contributed by atoms with E-state index in [0.717, 1.165) is 68.7 Å². The maximum absolute atomic E-state index is 13.9. The summed E-state index contributed by atoms with van der Waals surface area (Å²) in [6.45, 7) is 1.84. The fourth-order valence-corrected chi connectivity index (χ4v) is 10.2. The fraction of sp³-hybridized carbons (Fsp3) is 0.489. The normalized spacial score (nSPS) is 18.9. The molecule has 1 unspecified atom stereocenters. The van der Waals surface area contributed by atoms with Crippen molar-refractivity contribution in [2.45, 2.75) is 133 Å². The van der Waals surface area contributed by atoms with Crippen molar-refractivity contribution in [1.82, 2.24) is 10.0 Å². The van der Waals surface area contributed by atoms with Crippen LogP contribution in [0.25, 0.3) is 23.1 Å². The molecule has 2 atom stereocenters. The predicted octanol–water partition coefficient (Wildman–Crippen LogP) is 11.6. The van der Waals surface area contributed by atoms with Crippen molar-refractivity contribution in [1.29, 1.82) is 0 Å². The van der Waals surface area contributed by atoms with Crippen molar-refractivity contribution in [3.63, 3.8) is 0 Å². The van der Waals surface area contributed by atoms with Crippen LogP contribution in [-0.2, 0) is 22.5 Å². The summed E-state index contributed by atoms with van der Waals surface area (Å²) in [6, 6.07) is 23.6. The molecule has 4 aromatic rings. The molecule has 3 saturated carbocycles. The first-order chi connectivity index (χ1) is 26.7. The SMILES string of the molecule is CC(O)Cc1ccccc1CC[C@@H](SCC1(CC(=O)ON(C2CCCCC2)C2CCCCC2)CC1)c1cccc(C=Cc2ccc3cc(F)c(F)cc3n2)c1. The molecule has 0 aliphatic heterocycles. The van der Waals surface area contributed by atoms with Gasteiger partial charge in [0.2, 0.25) is 0 Å². The molecule has 1 N–H and O–H groups in total. The molecule has 55 heavy (non-hydrogen) atoms. The molecule has 0 amide bonds. The Labute approximate surface area is 329 Å². The Balaban J connectivity index is 1.06. The maximum Gasteiger partial charge on any atom is 0.325 e. The van der Waals surface area contributed by atoms with Gasteiger partial charge in [0.25, 0.3) is 0 Å². The van der Waals surface area contributed by atoms with Crippen LogP contribution < -0.4 is 0 Å². The molecule has 3 aromatic carbocycles. The number of carbonyl (C=O) groups is 1. The molecule has 1 aromatic heterocycles. The number of fused-ring (bicyclic) bond motifs is 1. The molecule has 7 rings (SSSR count). The summed E-state index contributed by atoms with van der Waals surface area (Å²) in [6.07, 6.45) is 20.4. The van der Waals surface area contributed by atoms with E-state index in [2.05, 4.69) is 52.5 Å². The first-order valence-corrected chi connectivity index (χ1v) is 21.7. The molecule has 3 fully saturated rings. The minimum Gasteiger partial charge on any atom is -0.393 e. The number of carbonyl (C=O) groups excluding carboxylic acids is 1. The lowest BCUT2D eigenvalue weighted by Gasteiger charge is -2.39. The quantitative estimate of drug-likeness (QED) is 0.115. The van der Waals surface area contributed by atoms with Gasteiger partial charge >= 0.3 is 5.97 Å². The van der Waals surface area contributed by atoms with Crippen molar-refractivity contribution < 1.29 is 23.5 Å². The lowest BCUT2D eigenvalue weighted by molar-refractivity contribution is -0.224. The summed E-state index contributed by atoms with van der Waals surface area (Å²) in [5.74, 6) is -0.943. The van der Waals surface area contributed by atoms with Gasteiger partial charge in [-0.2, -0.15) is 11.8 Å². The number of aliphatic hydroxyl groups excluding tert-OH is 1. The molecular formula is C47H56F2N2O3S. The monoisotopic (exact) mass is 766 g/mol. The summed E-state index contributed by atoms with van der Waals surface area (Å²) < 4.78 is 27.7. The highest BCUT2D eigenvalue weighted by Crippen LogP contribution is 2.54. The number of hydrogen-bond donors (Lipinski definition) is 1. The van der Waals surface area contributed by atoms with Gasteiger partial charge in [-0.1, -0.05) is 99.2 Å². The van der Waals surface area contributed by atoms with E-state index in [1.54, 1.807) is 6.07 Å². The van der Waals surface area contributed by atoms with Crippen molar-refractivity contribution in [2.75, 3.05) is 5.75 Å². The fourth-order valence-electron chi connectivity index (χ4n) is 8.62. The van der Waals surface area contributed by atoms with Crippen LogP contribution in [0.5, 0.6) is 0 Å². The van der Waals surface area contributed by atoms with Gasteiger partial charge in [0.05, 0.1) is 23.7 Å². The molecular weight excluding hydrogens is 711 g/mol. The zero-order valence-electron chi connectivity index (χ0n) is 32.2. The van der Waals surface area contributed by atoms with Crippen molar-refractivity contribution in [3.8, 4) is 0 Å². The lowest BCUT2D eigenvalue weighted by Crippen LogP contribution is -2.46. The first kappa shape index (κ1) is 39.6. The van der Waals surface area contributed by atoms with Gasteiger partial charge < -0.3 is 9.94 Å². The minimum atomic E-state index is -0.906. The predicted molar refractivity (Wildman–Crippen MR) is 220 cm³/mol. The average Bonchev–Trinajstić information content (AvgIpc) is 3.96. The minimum absolute atomic E-state index is 0.0311. The molecule has 0 bridgehead atoms. The van der Waals surface area contributed by atoms with Gasteiger partial charge in [-0.05, 0) is 111 Å². The number of hydrogen-bond acceptors (Lipinski definition) is 6. The molecule has 0 saturated heterocycles. The van der Waals surface area contributed by atoms with Gasteiger partial charge in [0.1, 0.15) is 0 Å². The van der Waals surface area contributed by atoms with Crippen LogP contribution >= 0.6 is 11.8 Å². The van der Waals surface area contributed by atoms with Crippen LogP contribution in [-0.4, -0.2) is 45.1 Å². The molecule has 3 aliphatic carbocycles. The molecule has 0 radical (unpaired) electrons.